The highest BCUT2D eigenvalue weighted by atomic mass is 16.5. The van der Waals surface area contributed by atoms with Crippen LogP contribution in [-0.4, -0.2) is 16.9 Å². The van der Waals surface area contributed by atoms with Gasteiger partial charge in [0.2, 0.25) is 5.88 Å². The lowest BCUT2D eigenvalue weighted by molar-refractivity contribution is 0.373. The van der Waals surface area contributed by atoms with E-state index in [0.717, 1.165) is 17.7 Å². The largest absolute Gasteiger partial charge is 0.481 e. The molecule has 2 aromatic rings. The van der Waals surface area contributed by atoms with E-state index in [2.05, 4.69) is 36.3 Å². The van der Waals surface area contributed by atoms with Gasteiger partial charge in [0.1, 0.15) is 0 Å². The van der Waals surface area contributed by atoms with Crippen LogP contribution in [-0.2, 0) is 13.5 Å². The summed E-state index contributed by atoms with van der Waals surface area (Å²) in [6.45, 7) is 2.14. The maximum Gasteiger partial charge on any atom is 0.211 e. The molecule has 0 aliphatic rings. The van der Waals surface area contributed by atoms with Crippen LogP contribution in [0, 0.1) is 0 Å². The molecule has 0 aliphatic carbocycles. The second kappa shape index (κ2) is 5.23. The van der Waals surface area contributed by atoms with Crippen molar-refractivity contribution in [2.24, 2.45) is 12.8 Å². The van der Waals surface area contributed by atoms with E-state index in [-0.39, 0.29) is 6.04 Å². The molecule has 2 N–H and O–H groups in total. The minimum absolute atomic E-state index is 0.217. The third-order valence-corrected chi connectivity index (χ3v) is 3.13. The van der Waals surface area contributed by atoms with Crippen molar-refractivity contribution in [2.45, 2.75) is 19.4 Å². The standard InChI is InChI=1S/C14H19N3O/c1-4-10-5-7-11(8-6-10)14(15)12-9-13(18-3)17(2)16-12/h5-9,14H,4,15H2,1-3H3. The molecule has 2 rings (SSSR count). The average molecular weight is 245 g/mol. The molecule has 96 valence electrons. The summed E-state index contributed by atoms with van der Waals surface area (Å²) in [6, 6.07) is 9.99. The van der Waals surface area contributed by atoms with Gasteiger partial charge in [-0.3, -0.25) is 0 Å². The molecule has 0 bridgehead atoms. The molecular weight excluding hydrogens is 226 g/mol. The van der Waals surface area contributed by atoms with Gasteiger partial charge in [-0.05, 0) is 17.5 Å². The zero-order valence-corrected chi connectivity index (χ0v) is 11.1. The molecule has 4 heteroatoms. The normalized spacial score (nSPS) is 12.4. The summed E-state index contributed by atoms with van der Waals surface area (Å²) in [4.78, 5) is 0. The molecular formula is C14H19N3O. The molecule has 0 radical (unpaired) electrons. The van der Waals surface area contributed by atoms with E-state index in [4.69, 9.17) is 10.5 Å². The monoisotopic (exact) mass is 245 g/mol. The first-order chi connectivity index (χ1) is 8.65. The van der Waals surface area contributed by atoms with Crippen molar-refractivity contribution in [3.8, 4) is 5.88 Å². The molecule has 1 atom stereocenters. The number of aromatic nitrogens is 2. The molecule has 0 spiro atoms. The second-order valence-electron chi connectivity index (χ2n) is 4.31. The number of nitrogens with zero attached hydrogens (tertiary/aromatic N) is 2. The summed E-state index contributed by atoms with van der Waals surface area (Å²) in [5.74, 6) is 0.714. The lowest BCUT2D eigenvalue weighted by Gasteiger charge is -2.09. The number of benzene rings is 1. The van der Waals surface area contributed by atoms with Crippen molar-refractivity contribution in [1.82, 2.24) is 9.78 Å². The lowest BCUT2D eigenvalue weighted by Crippen LogP contribution is -2.12. The van der Waals surface area contributed by atoms with Crippen LogP contribution >= 0.6 is 0 Å². The third-order valence-electron chi connectivity index (χ3n) is 3.13. The lowest BCUT2D eigenvalue weighted by atomic mass is 10.0. The Labute approximate surface area is 107 Å². The topological polar surface area (TPSA) is 53.1 Å². The number of aryl methyl sites for hydroxylation is 2. The fraction of sp³-hybridized carbons (Fsp3) is 0.357. The van der Waals surface area contributed by atoms with Crippen molar-refractivity contribution >= 4 is 0 Å². The van der Waals surface area contributed by atoms with Gasteiger partial charge < -0.3 is 10.5 Å². The Hall–Kier alpha value is -1.81. The highest BCUT2D eigenvalue weighted by Crippen LogP contribution is 2.22. The number of hydrogen-bond acceptors (Lipinski definition) is 3. The Morgan fingerprint density at radius 3 is 2.50 bits per heavy atom. The number of ether oxygens (including phenoxy) is 1. The van der Waals surface area contributed by atoms with Gasteiger partial charge in [-0.15, -0.1) is 0 Å². The maximum atomic E-state index is 6.21. The molecule has 0 aliphatic heterocycles. The van der Waals surface area contributed by atoms with Crippen molar-refractivity contribution in [1.29, 1.82) is 0 Å². The summed E-state index contributed by atoms with van der Waals surface area (Å²) in [6.07, 6.45) is 1.03. The van der Waals surface area contributed by atoms with E-state index in [1.54, 1.807) is 11.8 Å². The van der Waals surface area contributed by atoms with E-state index in [9.17, 15) is 0 Å². The van der Waals surface area contributed by atoms with Crippen molar-refractivity contribution in [3.05, 3.63) is 47.2 Å². The predicted molar refractivity (Wildman–Crippen MR) is 71.6 cm³/mol. The molecule has 1 aromatic heterocycles. The zero-order chi connectivity index (χ0) is 13.1. The smallest absolute Gasteiger partial charge is 0.211 e. The highest BCUT2D eigenvalue weighted by Gasteiger charge is 2.14. The van der Waals surface area contributed by atoms with Gasteiger partial charge in [0, 0.05) is 13.1 Å². The molecule has 0 saturated carbocycles. The van der Waals surface area contributed by atoms with Gasteiger partial charge in [-0.25, -0.2) is 4.68 Å². The fourth-order valence-corrected chi connectivity index (χ4v) is 1.95. The molecule has 18 heavy (non-hydrogen) atoms. The van der Waals surface area contributed by atoms with Crippen molar-refractivity contribution in [3.63, 3.8) is 0 Å². The van der Waals surface area contributed by atoms with Gasteiger partial charge in [0.05, 0.1) is 18.8 Å². The summed E-state index contributed by atoms with van der Waals surface area (Å²) in [5.41, 5.74) is 9.40. The third kappa shape index (κ3) is 2.38. The number of nitrogens with two attached hydrogens (primary N) is 1. The van der Waals surface area contributed by atoms with Gasteiger partial charge in [-0.1, -0.05) is 31.2 Å². The van der Waals surface area contributed by atoms with Crippen LogP contribution < -0.4 is 10.5 Å². The van der Waals surface area contributed by atoms with Gasteiger partial charge in [-0.2, -0.15) is 5.10 Å². The first kappa shape index (κ1) is 12.6. The molecule has 4 nitrogen and oxygen atoms in total. The first-order valence-corrected chi connectivity index (χ1v) is 6.08. The number of rotatable bonds is 4. The van der Waals surface area contributed by atoms with Crippen LogP contribution in [0.3, 0.4) is 0 Å². The van der Waals surface area contributed by atoms with Crippen LogP contribution in [0.1, 0.15) is 29.8 Å². The van der Waals surface area contributed by atoms with Crippen molar-refractivity contribution < 1.29 is 4.74 Å². The maximum absolute atomic E-state index is 6.21. The summed E-state index contributed by atoms with van der Waals surface area (Å²) in [5, 5.41) is 4.37. The molecule has 1 heterocycles. The highest BCUT2D eigenvalue weighted by molar-refractivity contribution is 5.31. The number of hydrogen-bond donors (Lipinski definition) is 1. The van der Waals surface area contributed by atoms with E-state index in [0.29, 0.717) is 5.88 Å². The molecule has 0 fully saturated rings. The minimum Gasteiger partial charge on any atom is -0.481 e. The summed E-state index contributed by atoms with van der Waals surface area (Å²) >= 11 is 0. The van der Waals surface area contributed by atoms with Crippen LogP contribution in [0.25, 0.3) is 0 Å². The van der Waals surface area contributed by atoms with Crippen LogP contribution in [0.2, 0.25) is 0 Å². The van der Waals surface area contributed by atoms with E-state index >= 15 is 0 Å². The average Bonchev–Trinajstić information content (AvgIpc) is 2.79. The Kier molecular flexibility index (Phi) is 3.67. The Bertz CT molecular complexity index is 516. The van der Waals surface area contributed by atoms with Crippen LogP contribution in [0.4, 0.5) is 0 Å². The SMILES string of the molecule is CCc1ccc(C(N)c2cc(OC)n(C)n2)cc1. The number of methoxy groups -OCH3 is 1. The Morgan fingerprint density at radius 1 is 1.33 bits per heavy atom. The zero-order valence-electron chi connectivity index (χ0n) is 11.1. The molecule has 1 unspecified atom stereocenters. The van der Waals surface area contributed by atoms with Crippen LogP contribution in [0.15, 0.2) is 30.3 Å². The fourth-order valence-electron chi connectivity index (χ4n) is 1.95. The summed E-state index contributed by atoms with van der Waals surface area (Å²) in [7, 11) is 3.47. The molecule has 1 aromatic carbocycles. The quantitative estimate of drug-likeness (QED) is 0.896. The van der Waals surface area contributed by atoms with Gasteiger partial charge >= 0.3 is 0 Å². The van der Waals surface area contributed by atoms with E-state index in [1.807, 2.05) is 13.1 Å². The van der Waals surface area contributed by atoms with Gasteiger partial charge in [0.25, 0.3) is 0 Å². The van der Waals surface area contributed by atoms with Gasteiger partial charge in [0.15, 0.2) is 0 Å². The van der Waals surface area contributed by atoms with Crippen LogP contribution in [0.5, 0.6) is 5.88 Å². The Morgan fingerprint density at radius 2 is 2.00 bits per heavy atom. The molecule has 0 saturated heterocycles. The minimum atomic E-state index is -0.217. The van der Waals surface area contributed by atoms with Crippen molar-refractivity contribution in [2.75, 3.05) is 7.11 Å². The second-order valence-corrected chi connectivity index (χ2v) is 4.31. The first-order valence-electron chi connectivity index (χ1n) is 6.08. The van der Waals surface area contributed by atoms with E-state index < -0.39 is 0 Å². The Balaban J connectivity index is 2.25. The molecule has 0 amide bonds. The summed E-state index contributed by atoms with van der Waals surface area (Å²) < 4.78 is 6.88. The van der Waals surface area contributed by atoms with E-state index in [1.165, 1.54) is 5.56 Å². The predicted octanol–water partition coefficient (Wildman–Crippen LogP) is 2.04.